The Balaban J connectivity index is 0. The van der Waals surface area contributed by atoms with Crippen molar-refractivity contribution in [1.82, 2.24) is 0 Å². The molecule has 0 amide bonds. The highest BCUT2D eigenvalue weighted by Gasteiger charge is 2.25. The first kappa shape index (κ1) is 26.2. The van der Waals surface area contributed by atoms with Gasteiger partial charge in [0, 0.05) is 22.5 Å². The molecule has 0 aliphatic carbocycles. The molecule has 0 saturated heterocycles. The summed E-state index contributed by atoms with van der Waals surface area (Å²) >= 11 is 10.7. The maximum Gasteiger partial charge on any atom is 0.336 e. The van der Waals surface area contributed by atoms with Gasteiger partial charge in [0.2, 0.25) is 0 Å². The molecular formula is C15H26ClNO6S2. The number of hydrogen-bond donors (Lipinski definition) is 2. The van der Waals surface area contributed by atoms with Gasteiger partial charge in [-0.15, -0.1) is 23.4 Å². The van der Waals surface area contributed by atoms with Gasteiger partial charge >= 0.3 is 17.9 Å². The topological polar surface area (TPSA) is 105 Å². The highest BCUT2D eigenvalue weighted by Crippen LogP contribution is 2.29. The Labute approximate surface area is 163 Å². The fourth-order valence-electron chi connectivity index (χ4n) is 1.28. The van der Waals surface area contributed by atoms with Gasteiger partial charge in [-0.1, -0.05) is 0 Å². The average Bonchev–Trinajstić information content (AvgIpc) is 2.93. The van der Waals surface area contributed by atoms with Gasteiger partial charge in [-0.2, -0.15) is 12.6 Å². The minimum Gasteiger partial charge on any atom is -0.469 e. The Morgan fingerprint density at radius 2 is 1.84 bits per heavy atom. The van der Waals surface area contributed by atoms with Crippen LogP contribution in [0.5, 0.6) is 0 Å². The summed E-state index contributed by atoms with van der Waals surface area (Å²) in [6.45, 7) is 3.54. The van der Waals surface area contributed by atoms with Crippen molar-refractivity contribution in [3.8, 4) is 0 Å². The lowest BCUT2D eigenvalue weighted by Crippen LogP contribution is -2.13. The standard InChI is InChI=1S/C7H11NO2S.C4H7ClO2.C4H8O2S/c1-4-6(8)5(3-11-4)7(9)10-2;1-3(5)4(6)7-2;1-6-4(5)2-3-7/h4H,3,8H2,1-2H3;3H,1-2H3;7H,2-3H2,1H3. The normalized spacial score (nSPS) is 16.5. The van der Waals surface area contributed by atoms with Crippen LogP contribution in [0.2, 0.25) is 0 Å². The fraction of sp³-hybridized carbons (Fsp3) is 0.667. The fourth-order valence-corrected chi connectivity index (χ4v) is 2.58. The summed E-state index contributed by atoms with van der Waals surface area (Å²) in [5.74, 6) is 0.364. The zero-order chi connectivity index (χ0) is 20.0. The first-order chi connectivity index (χ1) is 11.7. The number of ether oxygens (including phenoxy) is 3. The lowest BCUT2D eigenvalue weighted by atomic mass is 10.2. The molecule has 1 aliphatic rings. The van der Waals surface area contributed by atoms with Crippen LogP contribution in [0.4, 0.5) is 0 Å². The number of hydrogen-bond acceptors (Lipinski definition) is 9. The van der Waals surface area contributed by atoms with Crippen LogP contribution in [-0.4, -0.2) is 61.4 Å². The summed E-state index contributed by atoms with van der Waals surface area (Å²) in [5, 5.41) is -0.269. The molecule has 0 aromatic heterocycles. The van der Waals surface area contributed by atoms with Gasteiger partial charge < -0.3 is 19.9 Å². The SMILES string of the molecule is COC(=O)C(C)Cl.COC(=O)C1=C(N)C(C)SC1.COC(=O)CCS. The summed E-state index contributed by atoms with van der Waals surface area (Å²) in [5.41, 5.74) is 6.95. The van der Waals surface area contributed by atoms with Crippen LogP contribution in [0.25, 0.3) is 0 Å². The van der Waals surface area contributed by atoms with Crippen LogP contribution in [0.3, 0.4) is 0 Å². The maximum atomic E-state index is 11.0. The molecule has 1 heterocycles. The number of esters is 3. The van der Waals surface area contributed by atoms with Gasteiger partial charge in [-0.25, -0.2) is 4.79 Å². The van der Waals surface area contributed by atoms with E-state index in [1.165, 1.54) is 21.3 Å². The van der Waals surface area contributed by atoms with Crippen LogP contribution < -0.4 is 5.73 Å². The Bertz CT molecular complexity index is 471. The molecule has 25 heavy (non-hydrogen) atoms. The quantitative estimate of drug-likeness (QED) is 0.310. The predicted octanol–water partition coefficient (Wildman–Crippen LogP) is 1.77. The molecule has 0 saturated carbocycles. The molecule has 1 rings (SSSR count). The van der Waals surface area contributed by atoms with Crippen molar-refractivity contribution in [2.24, 2.45) is 5.73 Å². The van der Waals surface area contributed by atoms with E-state index >= 15 is 0 Å². The van der Waals surface area contributed by atoms with Crippen molar-refractivity contribution in [3.05, 3.63) is 11.3 Å². The van der Waals surface area contributed by atoms with E-state index in [0.29, 0.717) is 29.2 Å². The number of thioether (sulfide) groups is 1. The number of nitrogens with two attached hydrogens (primary N) is 1. The summed E-state index contributed by atoms with van der Waals surface area (Å²) in [6, 6.07) is 0. The monoisotopic (exact) mass is 415 g/mol. The van der Waals surface area contributed by atoms with E-state index in [1.54, 1.807) is 18.7 Å². The Kier molecular flexibility index (Phi) is 15.9. The first-order valence-electron chi connectivity index (χ1n) is 7.24. The molecule has 0 radical (unpaired) electrons. The number of alkyl halides is 1. The van der Waals surface area contributed by atoms with Crippen LogP contribution >= 0.6 is 36.0 Å². The Morgan fingerprint density at radius 3 is 2.04 bits per heavy atom. The van der Waals surface area contributed by atoms with Gasteiger partial charge in [-0.05, 0) is 13.8 Å². The predicted molar refractivity (Wildman–Crippen MR) is 103 cm³/mol. The average molecular weight is 416 g/mol. The molecule has 1 aliphatic heterocycles. The second-order valence-electron chi connectivity index (χ2n) is 4.57. The molecule has 0 spiro atoms. The number of rotatable bonds is 4. The Hall–Kier alpha value is -1.06. The molecule has 7 nitrogen and oxygen atoms in total. The second kappa shape index (κ2) is 15.2. The van der Waals surface area contributed by atoms with Gasteiger partial charge in [0.05, 0.1) is 33.3 Å². The molecule has 0 aromatic rings. The molecule has 0 fully saturated rings. The van der Waals surface area contributed by atoms with Crippen molar-refractivity contribution in [2.45, 2.75) is 30.9 Å². The summed E-state index contributed by atoms with van der Waals surface area (Å²) in [6.07, 6.45) is 0.402. The minimum absolute atomic E-state index is 0.199. The van der Waals surface area contributed by atoms with Crippen molar-refractivity contribution < 1.29 is 28.6 Å². The smallest absolute Gasteiger partial charge is 0.336 e. The highest BCUT2D eigenvalue weighted by atomic mass is 35.5. The van der Waals surface area contributed by atoms with Crippen LogP contribution in [-0.2, 0) is 28.6 Å². The van der Waals surface area contributed by atoms with Crippen LogP contribution in [0.1, 0.15) is 20.3 Å². The summed E-state index contributed by atoms with van der Waals surface area (Å²) < 4.78 is 13.1. The van der Waals surface area contributed by atoms with Crippen molar-refractivity contribution in [3.63, 3.8) is 0 Å². The van der Waals surface area contributed by atoms with E-state index in [0.717, 1.165) is 0 Å². The molecule has 0 bridgehead atoms. The number of carbonyl (C=O) groups is 3. The number of methoxy groups -OCH3 is 3. The zero-order valence-corrected chi connectivity index (χ0v) is 17.5. The van der Waals surface area contributed by atoms with E-state index in [1.807, 2.05) is 6.92 Å². The third-order valence-electron chi connectivity index (χ3n) is 2.77. The van der Waals surface area contributed by atoms with Gasteiger partial charge in [-0.3, -0.25) is 9.59 Å². The van der Waals surface area contributed by atoms with Gasteiger partial charge in [0.15, 0.2) is 0 Å². The zero-order valence-electron chi connectivity index (χ0n) is 15.0. The molecule has 0 aromatic carbocycles. The van der Waals surface area contributed by atoms with Gasteiger partial charge in [0.25, 0.3) is 0 Å². The molecular weight excluding hydrogens is 390 g/mol. The van der Waals surface area contributed by atoms with E-state index in [4.69, 9.17) is 17.3 Å². The number of carbonyl (C=O) groups excluding carboxylic acids is 3. The molecule has 146 valence electrons. The van der Waals surface area contributed by atoms with E-state index in [2.05, 4.69) is 26.8 Å². The van der Waals surface area contributed by atoms with Crippen molar-refractivity contribution in [1.29, 1.82) is 0 Å². The van der Waals surface area contributed by atoms with Crippen molar-refractivity contribution in [2.75, 3.05) is 32.8 Å². The van der Waals surface area contributed by atoms with Crippen LogP contribution in [0, 0.1) is 0 Å². The van der Waals surface area contributed by atoms with Crippen molar-refractivity contribution >= 4 is 53.9 Å². The van der Waals surface area contributed by atoms with E-state index in [9.17, 15) is 14.4 Å². The number of thiol groups is 1. The van der Waals surface area contributed by atoms with E-state index in [-0.39, 0.29) is 23.2 Å². The molecule has 2 N–H and O–H groups in total. The van der Waals surface area contributed by atoms with E-state index < -0.39 is 5.38 Å². The largest absolute Gasteiger partial charge is 0.469 e. The second-order valence-corrected chi connectivity index (χ2v) is 7.00. The molecule has 2 atom stereocenters. The third kappa shape index (κ3) is 12.0. The summed E-state index contributed by atoms with van der Waals surface area (Å²) in [4.78, 5) is 31.3. The van der Waals surface area contributed by atoms with Gasteiger partial charge in [0.1, 0.15) is 5.38 Å². The lowest BCUT2D eigenvalue weighted by molar-refractivity contribution is -0.140. The highest BCUT2D eigenvalue weighted by molar-refractivity contribution is 8.00. The summed E-state index contributed by atoms with van der Waals surface area (Å²) in [7, 11) is 4.04. The van der Waals surface area contributed by atoms with Crippen LogP contribution in [0.15, 0.2) is 11.3 Å². The third-order valence-corrected chi connectivity index (χ3v) is 4.38. The first-order valence-corrected chi connectivity index (χ1v) is 9.35. The molecule has 2 unspecified atom stereocenters. The Morgan fingerprint density at radius 1 is 1.28 bits per heavy atom. The maximum absolute atomic E-state index is 11.0. The minimum atomic E-state index is -0.523. The number of halogens is 1. The lowest BCUT2D eigenvalue weighted by Gasteiger charge is -2.01. The molecule has 10 heteroatoms.